The van der Waals surface area contributed by atoms with Crippen LogP contribution in [0.3, 0.4) is 0 Å². The monoisotopic (exact) mass is 239 g/mol. The number of nitrogens with zero attached hydrogens (tertiary/aromatic N) is 1. The maximum atomic E-state index is 5.25. The van der Waals surface area contributed by atoms with Crippen LogP contribution in [0.1, 0.15) is 6.42 Å². The Kier molecular flexibility index (Phi) is 2.93. The van der Waals surface area contributed by atoms with Crippen LogP contribution in [0.25, 0.3) is 10.8 Å². The topological polar surface area (TPSA) is 12.5 Å². The van der Waals surface area contributed by atoms with Crippen molar-refractivity contribution < 1.29 is 4.74 Å². The molecule has 92 valence electrons. The second kappa shape index (κ2) is 4.73. The van der Waals surface area contributed by atoms with Gasteiger partial charge in [0.15, 0.2) is 0 Å². The lowest BCUT2D eigenvalue weighted by Gasteiger charge is -2.25. The van der Waals surface area contributed by atoms with Crippen molar-refractivity contribution >= 4 is 16.5 Å². The quantitative estimate of drug-likeness (QED) is 0.742. The molecule has 1 aliphatic heterocycles. The fourth-order valence-electron chi connectivity index (χ4n) is 2.41. The summed E-state index contributed by atoms with van der Waals surface area (Å²) in [5.41, 5.74) is 1.30. The number of anilines is 1. The second-order valence-electron chi connectivity index (χ2n) is 4.60. The van der Waals surface area contributed by atoms with Crippen LogP contribution >= 0.6 is 0 Å². The predicted molar refractivity (Wildman–Crippen MR) is 76.5 cm³/mol. The smallest absolute Gasteiger partial charge is 0.119 e. The molecule has 0 aliphatic carbocycles. The minimum atomic E-state index is 0.913. The molecule has 2 heteroatoms. The minimum absolute atomic E-state index is 0.913. The molecule has 2 nitrogen and oxygen atoms in total. The maximum Gasteiger partial charge on any atom is 0.119 e. The molecule has 0 aromatic heterocycles. The minimum Gasteiger partial charge on any atom is -0.497 e. The summed E-state index contributed by atoms with van der Waals surface area (Å²) in [4.78, 5) is 2.41. The van der Waals surface area contributed by atoms with Crippen molar-refractivity contribution in [2.45, 2.75) is 6.42 Å². The molecule has 0 bridgehead atoms. The number of methoxy groups -OCH3 is 1. The van der Waals surface area contributed by atoms with E-state index in [4.69, 9.17) is 4.74 Å². The third-order valence-corrected chi connectivity index (χ3v) is 3.45. The number of benzene rings is 2. The van der Waals surface area contributed by atoms with Gasteiger partial charge in [-0.2, -0.15) is 0 Å². The molecule has 2 aromatic rings. The van der Waals surface area contributed by atoms with Gasteiger partial charge < -0.3 is 9.64 Å². The van der Waals surface area contributed by atoms with Gasteiger partial charge >= 0.3 is 0 Å². The Labute approximate surface area is 107 Å². The molecule has 1 heterocycles. The molecule has 0 radical (unpaired) electrons. The Balaban J connectivity index is 1.98. The number of hydrogen-bond acceptors (Lipinski definition) is 2. The molecular formula is C16H17NO. The number of fused-ring (bicyclic) bond motifs is 1. The van der Waals surface area contributed by atoms with Gasteiger partial charge in [-0.3, -0.25) is 0 Å². The van der Waals surface area contributed by atoms with Crippen LogP contribution in [0.4, 0.5) is 5.69 Å². The molecule has 0 saturated carbocycles. The molecule has 3 rings (SSSR count). The summed E-state index contributed by atoms with van der Waals surface area (Å²) < 4.78 is 5.25. The summed E-state index contributed by atoms with van der Waals surface area (Å²) in [5.74, 6) is 0.913. The molecule has 1 aliphatic rings. The number of ether oxygens (including phenoxy) is 1. The van der Waals surface area contributed by atoms with Crippen molar-refractivity contribution in [1.82, 2.24) is 0 Å². The fraction of sp³-hybridized carbons (Fsp3) is 0.250. The zero-order valence-corrected chi connectivity index (χ0v) is 10.6. The zero-order chi connectivity index (χ0) is 12.4. The summed E-state index contributed by atoms with van der Waals surface area (Å²) >= 11 is 0. The van der Waals surface area contributed by atoms with Gasteiger partial charge in [0.05, 0.1) is 7.11 Å². The number of hydrogen-bond donors (Lipinski definition) is 0. The highest BCUT2D eigenvalue weighted by atomic mass is 16.5. The van der Waals surface area contributed by atoms with Crippen LogP contribution in [-0.2, 0) is 0 Å². The van der Waals surface area contributed by atoms with Crippen LogP contribution in [0, 0.1) is 0 Å². The predicted octanol–water partition coefficient (Wildman–Crippen LogP) is 3.61. The lowest BCUT2D eigenvalue weighted by atomic mass is 10.1. The third-order valence-electron chi connectivity index (χ3n) is 3.45. The van der Waals surface area contributed by atoms with Crippen molar-refractivity contribution in [1.29, 1.82) is 0 Å². The lowest BCUT2D eigenvalue weighted by Crippen LogP contribution is -2.26. The van der Waals surface area contributed by atoms with Gasteiger partial charge in [0, 0.05) is 18.8 Å². The highest BCUT2D eigenvalue weighted by Gasteiger charge is 2.07. The Morgan fingerprint density at radius 2 is 1.83 bits per heavy atom. The first-order valence-electron chi connectivity index (χ1n) is 6.34. The largest absolute Gasteiger partial charge is 0.497 e. The Morgan fingerprint density at radius 3 is 2.61 bits per heavy atom. The van der Waals surface area contributed by atoms with Crippen LogP contribution in [0.2, 0.25) is 0 Å². The van der Waals surface area contributed by atoms with E-state index in [-0.39, 0.29) is 0 Å². The van der Waals surface area contributed by atoms with Crippen molar-refractivity contribution in [3.05, 3.63) is 48.6 Å². The van der Waals surface area contributed by atoms with Gasteiger partial charge in [-0.05, 0) is 41.5 Å². The van der Waals surface area contributed by atoms with Gasteiger partial charge in [-0.25, -0.2) is 0 Å². The average Bonchev–Trinajstić information content (AvgIpc) is 2.47. The molecule has 0 N–H and O–H groups in total. The van der Waals surface area contributed by atoms with Gasteiger partial charge in [0.1, 0.15) is 5.75 Å². The van der Waals surface area contributed by atoms with Gasteiger partial charge in [0.2, 0.25) is 0 Å². The Bertz CT molecular complexity index is 589. The first-order valence-corrected chi connectivity index (χ1v) is 6.34. The first-order chi connectivity index (χ1) is 8.86. The SMILES string of the molecule is COc1ccc2cc(N3CC=CCC3)ccc2c1. The lowest BCUT2D eigenvalue weighted by molar-refractivity contribution is 0.415. The molecule has 0 fully saturated rings. The summed E-state index contributed by atoms with van der Waals surface area (Å²) in [5, 5.41) is 2.49. The van der Waals surface area contributed by atoms with E-state index in [1.54, 1.807) is 7.11 Å². The van der Waals surface area contributed by atoms with Gasteiger partial charge in [-0.15, -0.1) is 0 Å². The molecule has 0 saturated heterocycles. The molecule has 0 unspecified atom stereocenters. The van der Waals surface area contributed by atoms with Crippen molar-refractivity contribution in [3.8, 4) is 5.75 Å². The molecule has 0 atom stereocenters. The summed E-state index contributed by atoms with van der Waals surface area (Å²) in [7, 11) is 1.70. The van der Waals surface area contributed by atoms with Crippen LogP contribution < -0.4 is 9.64 Å². The maximum absolute atomic E-state index is 5.25. The van der Waals surface area contributed by atoms with E-state index >= 15 is 0 Å². The van der Waals surface area contributed by atoms with E-state index in [0.29, 0.717) is 0 Å². The van der Waals surface area contributed by atoms with E-state index in [2.05, 4.69) is 47.4 Å². The Morgan fingerprint density at radius 1 is 1.00 bits per heavy atom. The first kappa shape index (κ1) is 11.1. The standard InChI is InChI=1S/C16H17NO/c1-18-16-8-6-13-11-15(7-5-14(13)12-16)17-9-3-2-4-10-17/h2-3,5-8,11-12H,4,9-10H2,1H3. The summed E-state index contributed by atoms with van der Waals surface area (Å²) in [6, 6.07) is 12.8. The Hall–Kier alpha value is -1.96. The van der Waals surface area contributed by atoms with E-state index in [1.165, 1.54) is 16.5 Å². The summed E-state index contributed by atoms with van der Waals surface area (Å²) in [6.45, 7) is 2.12. The van der Waals surface area contributed by atoms with Crippen LogP contribution in [0.5, 0.6) is 5.75 Å². The van der Waals surface area contributed by atoms with Crippen molar-refractivity contribution in [2.75, 3.05) is 25.1 Å². The highest BCUT2D eigenvalue weighted by molar-refractivity contribution is 5.87. The van der Waals surface area contributed by atoms with Gasteiger partial charge in [0.25, 0.3) is 0 Å². The second-order valence-corrected chi connectivity index (χ2v) is 4.60. The molecular weight excluding hydrogens is 222 g/mol. The highest BCUT2D eigenvalue weighted by Crippen LogP contribution is 2.26. The fourth-order valence-corrected chi connectivity index (χ4v) is 2.41. The van der Waals surface area contributed by atoms with E-state index in [9.17, 15) is 0 Å². The van der Waals surface area contributed by atoms with Crippen molar-refractivity contribution in [2.24, 2.45) is 0 Å². The molecule has 2 aromatic carbocycles. The molecule has 0 spiro atoms. The number of rotatable bonds is 2. The normalized spacial score (nSPS) is 15.1. The van der Waals surface area contributed by atoms with Crippen molar-refractivity contribution in [3.63, 3.8) is 0 Å². The zero-order valence-electron chi connectivity index (χ0n) is 10.6. The van der Waals surface area contributed by atoms with E-state index in [0.717, 1.165) is 25.3 Å². The van der Waals surface area contributed by atoms with E-state index in [1.807, 2.05) is 6.07 Å². The molecule has 18 heavy (non-hydrogen) atoms. The van der Waals surface area contributed by atoms with Gasteiger partial charge in [-0.1, -0.05) is 24.3 Å². The van der Waals surface area contributed by atoms with E-state index < -0.39 is 0 Å². The van der Waals surface area contributed by atoms with Crippen LogP contribution in [0.15, 0.2) is 48.6 Å². The summed E-state index contributed by atoms with van der Waals surface area (Å²) in [6.07, 6.45) is 5.63. The molecule has 0 amide bonds. The van der Waals surface area contributed by atoms with Crippen LogP contribution in [-0.4, -0.2) is 20.2 Å². The average molecular weight is 239 g/mol. The third kappa shape index (κ3) is 2.06.